The van der Waals surface area contributed by atoms with Crippen LogP contribution >= 0.6 is 0 Å². The molecule has 1 aromatic carbocycles. The van der Waals surface area contributed by atoms with Gasteiger partial charge < -0.3 is 10.4 Å². The number of rotatable bonds is 7. The van der Waals surface area contributed by atoms with Gasteiger partial charge in [0.1, 0.15) is 0 Å². The van der Waals surface area contributed by atoms with Crippen LogP contribution in [0.15, 0.2) is 36.5 Å². The van der Waals surface area contributed by atoms with E-state index in [2.05, 4.69) is 20.6 Å². The van der Waals surface area contributed by atoms with Crippen molar-refractivity contribution in [2.24, 2.45) is 11.8 Å². The van der Waals surface area contributed by atoms with Gasteiger partial charge in [0.2, 0.25) is 0 Å². The van der Waals surface area contributed by atoms with E-state index in [4.69, 9.17) is 0 Å². The van der Waals surface area contributed by atoms with Gasteiger partial charge in [0.05, 0.1) is 22.8 Å². The molecule has 0 saturated carbocycles. The summed E-state index contributed by atoms with van der Waals surface area (Å²) in [5.41, 5.74) is 2.40. The molecule has 2 aromatic heterocycles. The maximum Gasteiger partial charge on any atom is 0.308 e. The monoisotopic (exact) mass is 381 g/mol. The second-order valence-electron chi connectivity index (χ2n) is 7.19. The van der Waals surface area contributed by atoms with Crippen molar-refractivity contribution in [2.45, 2.75) is 27.2 Å². The largest absolute Gasteiger partial charge is 0.481 e. The third-order valence-corrected chi connectivity index (χ3v) is 4.55. The number of aliphatic carboxylic acids is 1. The zero-order chi connectivity index (χ0) is 20.3. The lowest BCUT2D eigenvalue weighted by atomic mass is 9.97. The molecule has 146 valence electrons. The highest BCUT2D eigenvalue weighted by atomic mass is 16.4. The first-order valence-corrected chi connectivity index (χ1v) is 9.15. The molecular formula is C20H23N5O3. The Morgan fingerprint density at radius 3 is 2.75 bits per heavy atom. The summed E-state index contributed by atoms with van der Waals surface area (Å²) >= 11 is 0. The van der Waals surface area contributed by atoms with Gasteiger partial charge in [-0.3, -0.25) is 14.6 Å². The number of carboxylic acids is 1. The number of carbonyl (C=O) groups excluding carboxylic acids is 1. The number of hydrogen-bond acceptors (Lipinski definition) is 5. The number of carboxylic acid groups (broad SMARTS) is 1. The highest BCUT2D eigenvalue weighted by molar-refractivity contribution is 5.93. The van der Waals surface area contributed by atoms with E-state index in [0.29, 0.717) is 12.1 Å². The first kappa shape index (κ1) is 19.5. The molecule has 1 unspecified atom stereocenters. The maximum absolute atomic E-state index is 12.5. The topological polar surface area (TPSA) is 110 Å². The van der Waals surface area contributed by atoms with Gasteiger partial charge in [0.15, 0.2) is 5.69 Å². The molecule has 0 bridgehead atoms. The van der Waals surface area contributed by atoms with Crippen LogP contribution in [0.1, 0.15) is 36.5 Å². The Labute approximate surface area is 162 Å². The number of amides is 1. The molecule has 0 fully saturated rings. The van der Waals surface area contributed by atoms with E-state index < -0.39 is 17.8 Å². The summed E-state index contributed by atoms with van der Waals surface area (Å²) in [5, 5.41) is 21.0. The third kappa shape index (κ3) is 4.16. The van der Waals surface area contributed by atoms with Crippen LogP contribution in [0.5, 0.6) is 0 Å². The fourth-order valence-electron chi connectivity index (χ4n) is 3.12. The fraction of sp³-hybridized carbons (Fsp3) is 0.350. The summed E-state index contributed by atoms with van der Waals surface area (Å²) in [6.45, 7) is 5.71. The Bertz CT molecular complexity index is 1010. The number of carbonyl (C=O) groups is 2. The molecule has 3 rings (SSSR count). The molecule has 8 heteroatoms. The van der Waals surface area contributed by atoms with E-state index in [-0.39, 0.29) is 18.2 Å². The SMILES string of the molecule is Cc1c(C(=O)NCC(CC(C)C)C(=O)O)nnn1-c1ccc2ncccc2c1. The molecule has 0 aliphatic carbocycles. The van der Waals surface area contributed by atoms with E-state index >= 15 is 0 Å². The number of pyridine rings is 1. The lowest BCUT2D eigenvalue weighted by molar-refractivity contribution is -0.142. The van der Waals surface area contributed by atoms with Crippen LogP contribution in [0.25, 0.3) is 16.6 Å². The standard InChI is InChI=1S/C20H23N5O3/c1-12(2)9-15(20(27)28)11-22-19(26)18-13(3)25(24-23-18)16-6-7-17-14(10-16)5-4-8-21-17/h4-8,10,12,15H,9,11H2,1-3H3,(H,22,26)(H,27,28). The second kappa shape index (κ2) is 8.16. The number of hydrogen-bond donors (Lipinski definition) is 2. The second-order valence-corrected chi connectivity index (χ2v) is 7.19. The van der Waals surface area contributed by atoms with Crippen molar-refractivity contribution in [3.8, 4) is 5.69 Å². The number of nitrogens with one attached hydrogen (secondary N) is 1. The van der Waals surface area contributed by atoms with Crippen molar-refractivity contribution in [2.75, 3.05) is 6.54 Å². The summed E-state index contributed by atoms with van der Waals surface area (Å²) in [5.74, 6) is -1.75. The summed E-state index contributed by atoms with van der Waals surface area (Å²) in [7, 11) is 0. The molecule has 0 saturated heterocycles. The fourth-order valence-corrected chi connectivity index (χ4v) is 3.12. The van der Waals surface area contributed by atoms with Crippen molar-refractivity contribution < 1.29 is 14.7 Å². The summed E-state index contributed by atoms with van der Waals surface area (Å²) in [6.07, 6.45) is 2.22. The van der Waals surface area contributed by atoms with E-state index in [1.54, 1.807) is 17.8 Å². The molecule has 2 heterocycles. The van der Waals surface area contributed by atoms with Crippen LogP contribution in [0.4, 0.5) is 0 Å². The summed E-state index contributed by atoms with van der Waals surface area (Å²) in [6, 6.07) is 9.48. The molecule has 8 nitrogen and oxygen atoms in total. The van der Waals surface area contributed by atoms with Gasteiger partial charge in [0, 0.05) is 18.1 Å². The number of aromatic nitrogens is 4. The van der Waals surface area contributed by atoms with Crippen molar-refractivity contribution in [3.05, 3.63) is 47.9 Å². The van der Waals surface area contributed by atoms with Gasteiger partial charge in [-0.05, 0) is 43.5 Å². The van der Waals surface area contributed by atoms with Crippen LogP contribution in [0, 0.1) is 18.8 Å². The lowest BCUT2D eigenvalue weighted by Gasteiger charge is -2.15. The summed E-state index contributed by atoms with van der Waals surface area (Å²) in [4.78, 5) is 28.2. The minimum Gasteiger partial charge on any atom is -0.481 e. The highest BCUT2D eigenvalue weighted by Crippen LogP contribution is 2.18. The Morgan fingerprint density at radius 2 is 2.04 bits per heavy atom. The predicted octanol–water partition coefficient (Wildman–Crippen LogP) is 2.60. The van der Waals surface area contributed by atoms with Crippen LogP contribution in [0.2, 0.25) is 0 Å². The molecule has 2 N–H and O–H groups in total. The van der Waals surface area contributed by atoms with Gasteiger partial charge in [-0.1, -0.05) is 25.1 Å². The average Bonchev–Trinajstić information content (AvgIpc) is 3.05. The Hall–Kier alpha value is -3.29. The molecule has 1 atom stereocenters. The predicted molar refractivity (Wildman–Crippen MR) is 104 cm³/mol. The molecule has 0 aliphatic rings. The molecule has 0 aliphatic heterocycles. The van der Waals surface area contributed by atoms with Gasteiger partial charge in [-0.25, -0.2) is 4.68 Å². The first-order valence-electron chi connectivity index (χ1n) is 9.15. The minimum absolute atomic E-state index is 0.0558. The molecule has 0 radical (unpaired) electrons. The van der Waals surface area contributed by atoms with E-state index in [0.717, 1.165) is 16.6 Å². The molecular weight excluding hydrogens is 358 g/mol. The Morgan fingerprint density at radius 1 is 1.25 bits per heavy atom. The van der Waals surface area contributed by atoms with Gasteiger partial charge in [-0.15, -0.1) is 5.10 Å². The number of nitrogens with zero attached hydrogens (tertiary/aromatic N) is 4. The Kier molecular flexibility index (Phi) is 5.67. The van der Waals surface area contributed by atoms with E-state index in [1.807, 2.05) is 44.2 Å². The van der Waals surface area contributed by atoms with Crippen LogP contribution in [-0.2, 0) is 4.79 Å². The van der Waals surface area contributed by atoms with Gasteiger partial charge in [-0.2, -0.15) is 0 Å². The Balaban J connectivity index is 1.77. The number of benzene rings is 1. The third-order valence-electron chi connectivity index (χ3n) is 4.55. The zero-order valence-electron chi connectivity index (χ0n) is 16.1. The quantitative estimate of drug-likeness (QED) is 0.651. The van der Waals surface area contributed by atoms with Gasteiger partial charge >= 0.3 is 5.97 Å². The van der Waals surface area contributed by atoms with Crippen molar-refractivity contribution in [1.29, 1.82) is 0 Å². The van der Waals surface area contributed by atoms with Crippen LogP contribution in [-0.4, -0.2) is 43.5 Å². The normalized spacial score (nSPS) is 12.3. The minimum atomic E-state index is -0.917. The van der Waals surface area contributed by atoms with E-state index in [9.17, 15) is 14.7 Å². The van der Waals surface area contributed by atoms with Crippen molar-refractivity contribution >= 4 is 22.8 Å². The number of fused-ring (bicyclic) bond motifs is 1. The molecule has 1 amide bonds. The molecule has 0 spiro atoms. The van der Waals surface area contributed by atoms with Crippen molar-refractivity contribution in [3.63, 3.8) is 0 Å². The first-order chi connectivity index (χ1) is 13.4. The average molecular weight is 381 g/mol. The smallest absolute Gasteiger partial charge is 0.308 e. The van der Waals surface area contributed by atoms with Crippen LogP contribution < -0.4 is 5.32 Å². The highest BCUT2D eigenvalue weighted by Gasteiger charge is 2.22. The zero-order valence-corrected chi connectivity index (χ0v) is 16.1. The van der Waals surface area contributed by atoms with Crippen LogP contribution in [0.3, 0.4) is 0 Å². The lowest BCUT2D eigenvalue weighted by Crippen LogP contribution is -2.34. The molecule has 28 heavy (non-hydrogen) atoms. The van der Waals surface area contributed by atoms with Gasteiger partial charge in [0.25, 0.3) is 5.91 Å². The molecule has 3 aromatic rings. The van der Waals surface area contributed by atoms with Crippen molar-refractivity contribution in [1.82, 2.24) is 25.3 Å². The maximum atomic E-state index is 12.5. The van der Waals surface area contributed by atoms with E-state index in [1.165, 1.54) is 0 Å². The summed E-state index contributed by atoms with van der Waals surface area (Å²) < 4.78 is 1.59.